The molecule has 1 fully saturated rings. The molecule has 20 heavy (non-hydrogen) atoms. The highest BCUT2D eigenvalue weighted by atomic mass is 16.5. The zero-order chi connectivity index (χ0) is 13.5. The number of ether oxygens (including phenoxy) is 1. The summed E-state index contributed by atoms with van der Waals surface area (Å²) in [6, 6.07) is 8.79. The highest BCUT2D eigenvalue weighted by Crippen LogP contribution is 2.42. The van der Waals surface area contributed by atoms with E-state index >= 15 is 0 Å². The van der Waals surface area contributed by atoms with Gasteiger partial charge in [0.2, 0.25) is 0 Å². The van der Waals surface area contributed by atoms with E-state index in [-0.39, 0.29) is 0 Å². The molecule has 0 amide bonds. The summed E-state index contributed by atoms with van der Waals surface area (Å²) < 4.78 is 5.54. The lowest BCUT2D eigenvalue weighted by Crippen LogP contribution is -2.28. The van der Waals surface area contributed by atoms with E-state index < -0.39 is 0 Å². The van der Waals surface area contributed by atoms with E-state index in [0.717, 1.165) is 25.0 Å². The summed E-state index contributed by atoms with van der Waals surface area (Å²) in [5, 5.41) is 1.45. The van der Waals surface area contributed by atoms with E-state index in [1.165, 1.54) is 42.3 Å². The molecule has 1 saturated heterocycles. The van der Waals surface area contributed by atoms with Crippen molar-refractivity contribution in [1.82, 2.24) is 4.98 Å². The molecule has 0 spiro atoms. The van der Waals surface area contributed by atoms with Gasteiger partial charge in [0.15, 0.2) is 0 Å². The van der Waals surface area contributed by atoms with Crippen molar-refractivity contribution in [2.24, 2.45) is 11.8 Å². The molecule has 2 unspecified atom stereocenters. The average Bonchev–Trinajstić information content (AvgIpc) is 2.88. The van der Waals surface area contributed by atoms with E-state index in [9.17, 15) is 0 Å². The molecule has 0 radical (unpaired) electrons. The molecule has 2 heterocycles. The minimum Gasteiger partial charge on any atom is -0.381 e. The Hall–Kier alpha value is -1.28. The predicted molar refractivity (Wildman–Crippen MR) is 82.1 cm³/mol. The number of hydrogen-bond donors (Lipinski definition) is 1. The minimum absolute atomic E-state index is 0.666. The molecule has 106 valence electrons. The molecule has 2 heteroatoms. The summed E-state index contributed by atoms with van der Waals surface area (Å²) >= 11 is 0. The molecule has 2 nitrogen and oxygen atoms in total. The van der Waals surface area contributed by atoms with Crippen LogP contribution in [0.25, 0.3) is 10.9 Å². The first-order valence-corrected chi connectivity index (χ1v) is 8.00. The summed E-state index contributed by atoms with van der Waals surface area (Å²) in [7, 11) is 0. The molecule has 1 aromatic carbocycles. The van der Waals surface area contributed by atoms with Gasteiger partial charge in [-0.2, -0.15) is 0 Å². The normalized spacial score (nSPS) is 27.6. The molecule has 1 aliphatic heterocycles. The van der Waals surface area contributed by atoms with Gasteiger partial charge in [-0.1, -0.05) is 25.1 Å². The van der Waals surface area contributed by atoms with Gasteiger partial charge in [0.1, 0.15) is 0 Å². The molecular formula is C18H23NO. The van der Waals surface area contributed by atoms with Crippen molar-refractivity contribution < 1.29 is 4.74 Å². The Morgan fingerprint density at radius 3 is 2.75 bits per heavy atom. The summed E-state index contributed by atoms with van der Waals surface area (Å²) in [5.74, 6) is 2.38. The van der Waals surface area contributed by atoms with Crippen molar-refractivity contribution in [2.75, 3.05) is 13.2 Å². The van der Waals surface area contributed by atoms with Gasteiger partial charge in [-0.25, -0.2) is 0 Å². The van der Waals surface area contributed by atoms with Crippen molar-refractivity contribution in [3.63, 3.8) is 0 Å². The molecule has 1 aliphatic carbocycles. The van der Waals surface area contributed by atoms with Crippen LogP contribution < -0.4 is 0 Å². The lowest BCUT2D eigenvalue weighted by molar-refractivity contribution is 0.0425. The Morgan fingerprint density at radius 2 is 1.90 bits per heavy atom. The van der Waals surface area contributed by atoms with Crippen molar-refractivity contribution in [3.05, 3.63) is 35.5 Å². The molecule has 4 rings (SSSR count). The quantitative estimate of drug-likeness (QED) is 0.822. The first kappa shape index (κ1) is 12.5. The van der Waals surface area contributed by atoms with Gasteiger partial charge in [-0.15, -0.1) is 0 Å². The summed E-state index contributed by atoms with van der Waals surface area (Å²) in [4.78, 5) is 3.66. The first-order valence-electron chi connectivity index (χ1n) is 8.00. The molecule has 2 atom stereocenters. The number of rotatable bonds is 1. The third-order valence-electron chi connectivity index (χ3n) is 5.39. The molecule has 2 aromatic rings. The number of aromatic nitrogens is 1. The van der Waals surface area contributed by atoms with Crippen LogP contribution in [0.5, 0.6) is 0 Å². The largest absolute Gasteiger partial charge is 0.381 e. The number of hydrogen-bond acceptors (Lipinski definition) is 1. The Labute approximate surface area is 120 Å². The van der Waals surface area contributed by atoms with Crippen LogP contribution in [-0.4, -0.2) is 18.2 Å². The van der Waals surface area contributed by atoms with E-state index in [4.69, 9.17) is 4.74 Å². The molecule has 0 bridgehead atoms. The van der Waals surface area contributed by atoms with Crippen molar-refractivity contribution in [3.8, 4) is 0 Å². The maximum Gasteiger partial charge on any atom is 0.0468 e. The van der Waals surface area contributed by atoms with Gasteiger partial charge in [-0.05, 0) is 55.1 Å². The minimum atomic E-state index is 0.666. The van der Waals surface area contributed by atoms with E-state index in [1.807, 2.05) is 0 Å². The third-order valence-corrected chi connectivity index (χ3v) is 5.39. The number of H-pyrrole nitrogens is 1. The van der Waals surface area contributed by atoms with Crippen LogP contribution in [0.3, 0.4) is 0 Å². The van der Waals surface area contributed by atoms with Crippen LogP contribution in [0.2, 0.25) is 0 Å². The predicted octanol–water partition coefficient (Wildman–Crippen LogP) is 4.26. The van der Waals surface area contributed by atoms with Crippen LogP contribution in [0.15, 0.2) is 24.3 Å². The highest BCUT2D eigenvalue weighted by Gasteiger charge is 2.32. The number of aromatic amines is 1. The lowest BCUT2D eigenvalue weighted by atomic mass is 9.72. The molecule has 1 aromatic heterocycles. The molecule has 1 N–H and O–H groups in total. The first-order chi connectivity index (χ1) is 9.83. The van der Waals surface area contributed by atoms with Gasteiger partial charge >= 0.3 is 0 Å². The fraction of sp³-hybridized carbons (Fsp3) is 0.556. The summed E-state index contributed by atoms with van der Waals surface area (Å²) in [6.45, 7) is 4.33. The van der Waals surface area contributed by atoms with E-state index in [1.54, 1.807) is 5.56 Å². The lowest BCUT2D eigenvalue weighted by Gasteiger charge is -2.35. The average molecular weight is 269 g/mol. The van der Waals surface area contributed by atoms with Crippen molar-refractivity contribution >= 4 is 10.9 Å². The maximum absolute atomic E-state index is 5.54. The van der Waals surface area contributed by atoms with Gasteiger partial charge in [0.25, 0.3) is 0 Å². The fourth-order valence-electron chi connectivity index (χ4n) is 4.33. The van der Waals surface area contributed by atoms with Crippen molar-refractivity contribution in [2.45, 2.75) is 38.5 Å². The second kappa shape index (κ2) is 4.92. The zero-order valence-corrected chi connectivity index (χ0v) is 12.2. The number of fused-ring (bicyclic) bond motifs is 3. The van der Waals surface area contributed by atoms with E-state index in [2.05, 4.69) is 36.2 Å². The third kappa shape index (κ3) is 1.98. The summed E-state index contributed by atoms with van der Waals surface area (Å²) in [5.41, 5.74) is 4.40. The Kier molecular flexibility index (Phi) is 3.07. The molecule has 0 saturated carbocycles. The molecular weight excluding hydrogens is 246 g/mol. The van der Waals surface area contributed by atoms with Crippen LogP contribution in [0.1, 0.15) is 43.4 Å². The van der Waals surface area contributed by atoms with Gasteiger partial charge in [0, 0.05) is 29.8 Å². The fourth-order valence-corrected chi connectivity index (χ4v) is 4.33. The van der Waals surface area contributed by atoms with Crippen LogP contribution in [0.4, 0.5) is 0 Å². The van der Waals surface area contributed by atoms with E-state index in [0.29, 0.717) is 5.92 Å². The van der Waals surface area contributed by atoms with Crippen LogP contribution in [-0.2, 0) is 11.2 Å². The SMILES string of the molecule is CC1CC(C2CCOCC2)Cc2c1[nH]c1ccccc21. The Bertz CT molecular complexity index is 609. The number of para-hydroxylation sites is 1. The standard InChI is InChI=1S/C18H23NO/c1-12-10-14(13-6-8-20-9-7-13)11-16-15-4-2-3-5-17(15)19-18(12)16/h2-5,12-14,19H,6-11H2,1H3. The van der Waals surface area contributed by atoms with Crippen molar-refractivity contribution in [1.29, 1.82) is 0 Å². The Balaban J connectivity index is 1.70. The monoisotopic (exact) mass is 269 g/mol. The molecule has 2 aliphatic rings. The maximum atomic E-state index is 5.54. The van der Waals surface area contributed by atoms with Crippen LogP contribution >= 0.6 is 0 Å². The zero-order valence-electron chi connectivity index (χ0n) is 12.2. The second-order valence-corrected chi connectivity index (χ2v) is 6.61. The second-order valence-electron chi connectivity index (χ2n) is 6.61. The topological polar surface area (TPSA) is 25.0 Å². The smallest absolute Gasteiger partial charge is 0.0468 e. The number of nitrogens with one attached hydrogen (secondary N) is 1. The van der Waals surface area contributed by atoms with Gasteiger partial charge < -0.3 is 9.72 Å². The Morgan fingerprint density at radius 1 is 1.10 bits per heavy atom. The highest BCUT2D eigenvalue weighted by molar-refractivity contribution is 5.85. The van der Waals surface area contributed by atoms with Crippen LogP contribution in [0, 0.1) is 11.8 Å². The van der Waals surface area contributed by atoms with Gasteiger partial charge in [0.05, 0.1) is 0 Å². The van der Waals surface area contributed by atoms with Gasteiger partial charge in [-0.3, -0.25) is 0 Å². The summed E-state index contributed by atoms with van der Waals surface area (Å²) in [6.07, 6.45) is 5.11. The number of benzene rings is 1.